The smallest absolute Gasteiger partial charge is 0.356 e. The zero-order valence-corrected chi connectivity index (χ0v) is 19.3. The van der Waals surface area contributed by atoms with Crippen LogP contribution in [0.25, 0.3) is 0 Å². The minimum absolute atomic E-state index is 0.0306. The summed E-state index contributed by atoms with van der Waals surface area (Å²) in [5, 5.41) is 22.3. The second kappa shape index (κ2) is 8.96. The number of rotatable bonds is 6. The van der Waals surface area contributed by atoms with Gasteiger partial charge in [0.2, 0.25) is 0 Å². The Kier molecular flexibility index (Phi) is 6.53. The van der Waals surface area contributed by atoms with Crippen LogP contribution in [-0.4, -0.2) is 25.2 Å². The van der Waals surface area contributed by atoms with Crippen molar-refractivity contribution in [3.05, 3.63) is 79.2 Å². The second-order valence-corrected chi connectivity index (χ2v) is 8.30. The van der Waals surface area contributed by atoms with E-state index in [-0.39, 0.29) is 22.3 Å². The molecule has 3 rings (SSSR count). The van der Waals surface area contributed by atoms with Gasteiger partial charge in [-0.3, -0.25) is 4.79 Å². The Hall–Kier alpha value is -3.09. The lowest BCUT2D eigenvalue weighted by Crippen LogP contribution is -2.23. The molecule has 8 nitrogen and oxygen atoms in total. The largest absolute Gasteiger partial charge is 0.476 e. The number of carboxylic acids is 1. The van der Waals surface area contributed by atoms with Crippen LogP contribution in [0.2, 0.25) is 5.02 Å². The third-order valence-corrected chi connectivity index (χ3v) is 5.55. The Morgan fingerprint density at radius 3 is 2.48 bits per heavy atom. The molecule has 0 amide bonds. The molecular formula is C21H19BrClN5O3. The van der Waals surface area contributed by atoms with Crippen molar-refractivity contribution in [2.24, 2.45) is 7.05 Å². The highest BCUT2D eigenvalue weighted by molar-refractivity contribution is 9.10. The van der Waals surface area contributed by atoms with Crippen molar-refractivity contribution in [2.75, 3.05) is 5.32 Å². The van der Waals surface area contributed by atoms with Crippen molar-refractivity contribution in [3.8, 4) is 6.07 Å². The van der Waals surface area contributed by atoms with E-state index < -0.39 is 12.0 Å². The van der Waals surface area contributed by atoms with E-state index in [1.54, 1.807) is 42.1 Å². The van der Waals surface area contributed by atoms with Crippen LogP contribution in [0.4, 0.5) is 5.69 Å². The van der Waals surface area contributed by atoms with Crippen molar-refractivity contribution in [2.45, 2.75) is 25.9 Å². The van der Waals surface area contributed by atoms with Crippen LogP contribution < -0.4 is 10.9 Å². The maximum atomic E-state index is 12.0. The molecule has 160 valence electrons. The normalized spacial score (nSPS) is 11.9. The third kappa shape index (κ3) is 4.50. The lowest BCUT2D eigenvalue weighted by Gasteiger charge is -2.25. The number of aromatic nitrogens is 3. The van der Waals surface area contributed by atoms with Crippen LogP contribution in [0.5, 0.6) is 0 Å². The van der Waals surface area contributed by atoms with Gasteiger partial charge in [-0.1, -0.05) is 23.7 Å². The van der Waals surface area contributed by atoms with Gasteiger partial charge >= 0.3 is 5.97 Å². The third-order valence-electron chi connectivity index (χ3n) is 4.72. The molecule has 0 aliphatic rings. The molecule has 1 unspecified atom stereocenters. The highest BCUT2D eigenvalue weighted by atomic mass is 79.9. The highest BCUT2D eigenvalue weighted by Crippen LogP contribution is 2.34. The Morgan fingerprint density at radius 2 is 1.97 bits per heavy atom. The van der Waals surface area contributed by atoms with Crippen LogP contribution in [-0.2, 0) is 7.05 Å². The Labute approximate surface area is 191 Å². The number of aryl methyl sites for hydroxylation is 1. The first-order valence-electron chi connectivity index (χ1n) is 9.27. The molecule has 1 aromatic carbocycles. The quantitative estimate of drug-likeness (QED) is 0.516. The average Bonchev–Trinajstić information content (AvgIpc) is 3.07. The van der Waals surface area contributed by atoms with Gasteiger partial charge in [-0.05, 0) is 53.5 Å². The molecule has 0 aliphatic heterocycles. The number of carboxylic acid groups (broad SMARTS) is 1. The van der Waals surface area contributed by atoms with E-state index >= 15 is 0 Å². The first-order valence-corrected chi connectivity index (χ1v) is 10.4. The number of anilines is 1. The number of halogens is 2. The number of imidazole rings is 1. The van der Waals surface area contributed by atoms with Crippen LogP contribution in [0.1, 0.15) is 53.2 Å². The van der Waals surface area contributed by atoms with Crippen molar-refractivity contribution >= 4 is 39.2 Å². The zero-order valence-electron chi connectivity index (χ0n) is 16.9. The fourth-order valence-electron chi connectivity index (χ4n) is 3.32. The zero-order chi connectivity index (χ0) is 22.9. The van der Waals surface area contributed by atoms with E-state index in [0.717, 1.165) is 0 Å². The molecule has 0 radical (unpaired) electrons. The summed E-state index contributed by atoms with van der Waals surface area (Å²) in [6.45, 7) is 3.83. The molecule has 31 heavy (non-hydrogen) atoms. The molecule has 0 bridgehead atoms. The summed E-state index contributed by atoms with van der Waals surface area (Å²) in [5.41, 5.74) is 1.67. The van der Waals surface area contributed by atoms with E-state index in [0.29, 0.717) is 27.2 Å². The van der Waals surface area contributed by atoms with Crippen LogP contribution in [0.15, 0.2) is 46.1 Å². The van der Waals surface area contributed by atoms with E-state index in [9.17, 15) is 14.7 Å². The number of carbonyl (C=O) groups is 1. The maximum absolute atomic E-state index is 12.0. The summed E-state index contributed by atoms with van der Waals surface area (Å²) in [6.07, 6.45) is 1.58. The number of nitrogens with one attached hydrogen (secondary N) is 1. The van der Waals surface area contributed by atoms with Gasteiger partial charge in [0.15, 0.2) is 10.4 Å². The lowest BCUT2D eigenvalue weighted by atomic mass is 9.99. The summed E-state index contributed by atoms with van der Waals surface area (Å²) < 4.78 is 3.51. The second-order valence-electron chi connectivity index (χ2n) is 7.19. The topological polar surface area (TPSA) is 113 Å². The number of pyridine rings is 1. The SMILES string of the molecule is CC(C)n1c(Br)nc(C(=O)O)c1C(Nc1cc(Cl)c(=O)n(C)c1)c1ccc(C#N)cc1. The predicted octanol–water partition coefficient (Wildman–Crippen LogP) is 4.35. The fourth-order valence-corrected chi connectivity index (χ4v) is 4.35. The Balaban J connectivity index is 2.26. The van der Waals surface area contributed by atoms with E-state index in [1.807, 2.05) is 13.8 Å². The van der Waals surface area contributed by atoms with Crippen LogP contribution in [0, 0.1) is 11.3 Å². The van der Waals surface area contributed by atoms with Gasteiger partial charge in [-0.25, -0.2) is 9.78 Å². The number of nitriles is 1. The average molecular weight is 505 g/mol. The van der Waals surface area contributed by atoms with Crippen LogP contribution >= 0.6 is 27.5 Å². The standard InChI is InChI=1S/C21H19BrClN5O3/c1-11(2)28-18(17(20(30)31)26-21(28)22)16(13-6-4-12(9-24)5-7-13)25-14-8-15(23)19(29)27(3)10-14/h4-8,10-11,16,25H,1-3H3,(H,30,31). The molecule has 10 heteroatoms. The number of benzene rings is 1. The Morgan fingerprint density at radius 1 is 1.32 bits per heavy atom. The van der Waals surface area contributed by atoms with Crippen LogP contribution in [0.3, 0.4) is 0 Å². The lowest BCUT2D eigenvalue weighted by molar-refractivity contribution is 0.0689. The summed E-state index contributed by atoms with van der Waals surface area (Å²) in [4.78, 5) is 28.2. The van der Waals surface area contributed by atoms with Crippen molar-refractivity contribution in [1.82, 2.24) is 14.1 Å². The molecule has 2 heterocycles. The maximum Gasteiger partial charge on any atom is 0.356 e. The number of hydrogen-bond donors (Lipinski definition) is 2. The van der Waals surface area contributed by atoms with E-state index in [1.165, 1.54) is 10.6 Å². The fraction of sp³-hybridized carbons (Fsp3) is 0.238. The first-order chi connectivity index (χ1) is 14.6. The van der Waals surface area contributed by atoms with Crippen molar-refractivity contribution < 1.29 is 9.90 Å². The molecule has 0 saturated heterocycles. The number of aromatic carboxylic acids is 1. The molecule has 2 N–H and O–H groups in total. The van der Waals surface area contributed by atoms with Gasteiger partial charge in [-0.2, -0.15) is 5.26 Å². The number of nitrogens with zero attached hydrogens (tertiary/aromatic N) is 4. The molecule has 3 aromatic rings. The number of hydrogen-bond acceptors (Lipinski definition) is 5. The first kappa shape index (κ1) is 22.6. The van der Waals surface area contributed by atoms with Gasteiger partial charge in [0, 0.05) is 19.3 Å². The monoisotopic (exact) mass is 503 g/mol. The molecular weight excluding hydrogens is 486 g/mol. The summed E-state index contributed by atoms with van der Waals surface area (Å²) in [6, 6.07) is 9.61. The van der Waals surface area contributed by atoms with E-state index in [4.69, 9.17) is 16.9 Å². The molecule has 2 aromatic heterocycles. The van der Waals surface area contributed by atoms with Gasteiger partial charge in [0.1, 0.15) is 5.02 Å². The highest BCUT2D eigenvalue weighted by Gasteiger charge is 2.30. The van der Waals surface area contributed by atoms with Crippen molar-refractivity contribution in [3.63, 3.8) is 0 Å². The summed E-state index contributed by atoms with van der Waals surface area (Å²) in [7, 11) is 1.58. The van der Waals surface area contributed by atoms with Gasteiger partial charge in [0.05, 0.1) is 29.1 Å². The minimum atomic E-state index is -1.17. The summed E-state index contributed by atoms with van der Waals surface area (Å²) in [5.74, 6) is -1.17. The Bertz CT molecular complexity index is 1220. The molecule has 0 fully saturated rings. The molecule has 0 spiro atoms. The van der Waals surface area contributed by atoms with E-state index in [2.05, 4.69) is 32.3 Å². The molecule has 1 atom stereocenters. The molecule has 0 saturated carbocycles. The van der Waals surface area contributed by atoms with Gasteiger partial charge in [0.25, 0.3) is 5.56 Å². The minimum Gasteiger partial charge on any atom is -0.476 e. The van der Waals surface area contributed by atoms with Crippen molar-refractivity contribution in [1.29, 1.82) is 5.26 Å². The predicted molar refractivity (Wildman–Crippen MR) is 121 cm³/mol. The van der Waals surface area contributed by atoms with Gasteiger partial charge < -0.3 is 19.6 Å². The summed E-state index contributed by atoms with van der Waals surface area (Å²) >= 11 is 9.44. The van der Waals surface area contributed by atoms with Gasteiger partial charge in [-0.15, -0.1) is 0 Å². The molecule has 0 aliphatic carbocycles.